The maximum atomic E-state index is 13.2. The van der Waals surface area contributed by atoms with Crippen LogP contribution in [0.2, 0.25) is 0 Å². The first-order valence-corrected chi connectivity index (χ1v) is 11.1. The Balaban J connectivity index is 0.000000200. The highest BCUT2D eigenvalue weighted by Gasteiger charge is 2.11. The number of aromatic carboxylic acids is 2. The predicted molar refractivity (Wildman–Crippen MR) is 136 cm³/mol. The molecule has 0 radical (unpaired) electrons. The number of benzene rings is 4. The van der Waals surface area contributed by atoms with Gasteiger partial charge in [0.25, 0.3) is 0 Å². The molecule has 4 aromatic rings. The maximum Gasteiger partial charge on any atom is 0.488 e. The summed E-state index contributed by atoms with van der Waals surface area (Å²) in [5.74, 6) is -3.95. The summed E-state index contributed by atoms with van der Waals surface area (Å²) in [5, 5.41) is 34.4. The zero-order valence-corrected chi connectivity index (χ0v) is 20.1. The first kappa shape index (κ1) is 28.4. The summed E-state index contributed by atoms with van der Waals surface area (Å²) in [6.07, 6.45) is 0. The monoisotopic (exact) mass is 556 g/mol. The van der Waals surface area contributed by atoms with Gasteiger partial charge in [-0.1, -0.05) is 82.7 Å². The van der Waals surface area contributed by atoms with Crippen molar-refractivity contribution < 1.29 is 38.6 Å². The van der Waals surface area contributed by atoms with Crippen molar-refractivity contribution in [3.63, 3.8) is 0 Å². The van der Waals surface area contributed by atoms with Crippen molar-refractivity contribution in [2.45, 2.75) is 0 Å². The Morgan fingerprint density at radius 1 is 0.639 bits per heavy atom. The summed E-state index contributed by atoms with van der Waals surface area (Å²) in [6, 6.07) is 25.8. The summed E-state index contributed by atoms with van der Waals surface area (Å²) in [6.45, 7) is 0. The van der Waals surface area contributed by atoms with E-state index >= 15 is 0 Å². The van der Waals surface area contributed by atoms with Crippen molar-refractivity contribution in [3.05, 3.63) is 124 Å². The van der Waals surface area contributed by atoms with Crippen LogP contribution in [0.15, 0.2) is 102 Å². The van der Waals surface area contributed by atoms with Crippen molar-refractivity contribution in [2.24, 2.45) is 0 Å². The van der Waals surface area contributed by atoms with Gasteiger partial charge < -0.3 is 20.3 Å². The second-order valence-electron chi connectivity index (χ2n) is 7.08. The van der Waals surface area contributed by atoms with E-state index in [-0.39, 0.29) is 11.1 Å². The van der Waals surface area contributed by atoms with Crippen LogP contribution in [0.3, 0.4) is 0 Å². The van der Waals surface area contributed by atoms with Gasteiger partial charge in [-0.05, 0) is 46.9 Å². The van der Waals surface area contributed by atoms with Crippen LogP contribution >= 0.6 is 15.9 Å². The molecule has 4 rings (SSSR count). The zero-order valence-electron chi connectivity index (χ0n) is 18.6. The lowest BCUT2D eigenvalue weighted by Crippen LogP contribution is -2.29. The van der Waals surface area contributed by atoms with E-state index < -0.39 is 30.7 Å². The van der Waals surface area contributed by atoms with Crippen LogP contribution in [0.1, 0.15) is 20.7 Å². The SMILES string of the molecule is O=C(O)c1cc(-c2ccccc2)ccc1F.O=C(O)c1cc(Br)ccc1F.OB(O)c1ccccc1. The largest absolute Gasteiger partial charge is 0.488 e. The fourth-order valence-electron chi connectivity index (χ4n) is 2.79. The average Bonchev–Trinajstić information content (AvgIpc) is 2.87. The third kappa shape index (κ3) is 8.73. The molecule has 0 heterocycles. The molecule has 4 N–H and O–H groups in total. The van der Waals surface area contributed by atoms with Crippen LogP contribution < -0.4 is 5.46 Å². The van der Waals surface area contributed by atoms with Gasteiger partial charge in [0.2, 0.25) is 0 Å². The zero-order chi connectivity index (χ0) is 26.7. The Bertz CT molecular complexity index is 1300. The van der Waals surface area contributed by atoms with Gasteiger partial charge in [0.1, 0.15) is 11.6 Å². The Hall–Kier alpha value is -3.86. The normalized spacial score (nSPS) is 9.69. The van der Waals surface area contributed by atoms with Crippen LogP contribution in [-0.2, 0) is 0 Å². The van der Waals surface area contributed by atoms with Crippen molar-refractivity contribution >= 4 is 40.4 Å². The molecule has 36 heavy (non-hydrogen) atoms. The van der Waals surface area contributed by atoms with Crippen LogP contribution in [0.25, 0.3) is 11.1 Å². The van der Waals surface area contributed by atoms with E-state index in [1.54, 1.807) is 30.3 Å². The molecule has 0 atom stereocenters. The fourth-order valence-corrected chi connectivity index (χ4v) is 3.15. The molecule has 0 saturated carbocycles. The Labute approximate surface area is 214 Å². The van der Waals surface area contributed by atoms with Crippen molar-refractivity contribution in [1.29, 1.82) is 0 Å². The van der Waals surface area contributed by atoms with Crippen molar-refractivity contribution in [2.75, 3.05) is 0 Å². The second-order valence-corrected chi connectivity index (χ2v) is 8.00. The number of hydrogen-bond acceptors (Lipinski definition) is 4. The lowest BCUT2D eigenvalue weighted by molar-refractivity contribution is 0.0680. The van der Waals surface area contributed by atoms with E-state index in [1.807, 2.05) is 36.4 Å². The molecule has 0 spiro atoms. The number of halogens is 3. The van der Waals surface area contributed by atoms with Gasteiger partial charge in [-0.25, -0.2) is 18.4 Å². The predicted octanol–water partition coefficient (Wildman–Crippen LogP) is 4.84. The van der Waals surface area contributed by atoms with E-state index in [9.17, 15) is 18.4 Å². The highest BCUT2D eigenvalue weighted by molar-refractivity contribution is 9.10. The minimum Gasteiger partial charge on any atom is -0.478 e. The minimum atomic E-state index is -1.34. The number of carboxylic acids is 2. The highest BCUT2D eigenvalue weighted by atomic mass is 79.9. The first-order chi connectivity index (χ1) is 17.1. The summed E-state index contributed by atoms with van der Waals surface area (Å²) in [5.41, 5.74) is 1.46. The third-order valence-corrected chi connectivity index (χ3v) is 5.05. The van der Waals surface area contributed by atoms with Crippen LogP contribution in [-0.4, -0.2) is 39.3 Å². The van der Waals surface area contributed by atoms with Gasteiger partial charge in [-0.2, -0.15) is 0 Å². The molecule has 0 saturated heterocycles. The molecule has 0 fully saturated rings. The Morgan fingerprint density at radius 3 is 1.56 bits per heavy atom. The lowest BCUT2D eigenvalue weighted by Gasteiger charge is -2.03. The van der Waals surface area contributed by atoms with Gasteiger partial charge in [0.15, 0.2) is 0 Å². The molecule has 0 aliphatic carbocycles. The quantitative estimate of drug-likeness (QED) is 0.267. The molecular formula is C26H20BBrF2O6. The molecule has 0 amide bonds. The van der Waals surface area contributed by atoms with Gasteiger partial charge in [0.05, 0.1) is 11.1 Å². The van der Waals surface area contributed by atoms with Crippen LogP contribution in [0.4, 0.5) is 8.78 Å². The van der Waals surface area contributed by atoms with Gasteiger partial charge in [0, 0.05) is 4.47 Å². The molecule has 0 aromatic heterocycles. The molecular weight excluding hydrogens is 537 g/mol. The van der Waals surface area contributed by atoms with E-state index in [1.165, 1.54) is 24.3 Å². The minimum absolute atomic E-state index is 0.304. The van der Waals surface area contributed by atoms with E-state index in [2.05, 4.69) is 15.9 Å². The molecule has 6 nitrogen and oxygen atoms in total. The fraction of sp³-hybridized carbons (Fsp3) is 0. The standard InChI is InChI=1S/C13H9FO2.C7H4BrFO2.C6H7BO2/c14-12-7-6-10(8-11(12)13(15)16)9-4-2-1-3-5-9;8-4-1-2-6(9)5(3-4)7(10)11;8-7(9)6-4-2-1-3-5-6/h1-8H,(H,15,16);1-3H,(H,10,11);1-5,8-9H. The lowest BCUT2D eigenvalue weighted by atomic mass is 9.81. The molecule has 10 heteroatoms. The third-order valence-electron chi connectivity index (χ3n) is 4.56. The molecule has 184 valence electrons. The number of carbonyl (C=O) groups is 2. The maximum absolute atomic E-state index is 13.2. The summed E-state index contributed by atoms with van der Waals surface area (Å²) < 4.78 is 26.3. The smallest absolute Gasteiger partial charge is 0.478 e. The van der Waals surface area contributed by atoms with E-state index in [0.717, 1.165) is 11.6 Å². The number of rotatable bonds is 4. The molecule has 0 unspecified atom stereocenters. The summed E-state index contributed by atoms with van der Waals surface area (Å²) >= 11 is 3.03. The molecule has 4 aromatic carbocycles. The second kappa shape index (κ2) is 13.9. The van der Waals surface area contributed by atoms with Gasteiger partial charge >= 0.3 is 19.1 Å². The topological polar surface area (TPSA) is 115 Å². The average molecular weight is 557 g/mol. The summed E-state index contributed by atoms with van der Waals surface area (Å²) in [7, 11) is -1.34. The number of hydrogen-bond donors (Lipinski definition) is 4. The molecule has 0 aliphatic heterocycles. The first-order valence-electron chi connectivity index (χ1n) is 10.3. The van der Waals surface area contributed by atoms with E-state index in [4.69, 9.17) is 20.3 Å². The Morgan fingerprint density at radius 2 is 1.11 bits per heavy atom. The van der Waals surface area contributed by atoms with Crippen molar-refractivity contribution in [1.82, 2.24) is 0 Å². The van der Waals surface area contributed by atoms with Crippen molar-refractivity contribution in [3.8, 4) is 11.1 Å². The van der Waals surface area contributed by atoms with Crippen LogP contribution in [0.5, 0.6) is 0 Å². The van der Waals surface area contributed by atoms with Gasteiger partial charge in [-0.15, -0.1) is 0 Å². The van der Waals surface area contributed by atoms with Gasteiger partial charge in [-0.3, -0.25) is 0 Å². The number of carboxylic acid groups (broad SMARTS) is 2. The highest BCUT2D eigenvalue weighted by Crippen LogP contribution is 2.21. The molecule has 0 bridgehead atoms. The van der Waals surface area contributed by atoms with Crippen LogP contribution in [0, 0.1) is 11.6 Å². The van der Waals surface area contributed by atoms with E-state index in [0.29, 0.717) is 15.5 Å². The molecule has 0 aliphatic rings. The summed E-state index contributed by atoms with van der Waals surface area (Å²) in [4.78, 5) is 21.1. The Kier molecular flexibility index (Phi) is 10.9.